The molecular weight excluding hydrogens is 168 g/mol. The van der Waals surface area contributed by atoms with E-state index in [9.17, 15) is 5.11 Å². The molecule has 1 N–H and O–H groups in total. The molecule has 2 aliphatic rings. The molecule has 0 saturated carbocycles. The molecule has 1 fully saturated rings. The number of hydrogen-bond donors (Lipinski definition) is 1. The third kappa shape index (κ3) is 1.52. The predicted molar refractivity (Wildman–Crippen MR) is 48.2 cm³/mol. The summed E-state index contributed by atoms with van der Waals surface area (Å²) in [6, 6.07) is 0. The Morgan fingerprint density at radius 2 is 1.92 bits per heavy atom. The molecule has 0 aromatic rings. The molecule has 1 aliphatic heterocycles. The Morgan fingerprint density at radius 1 is 1.31 bits per heavy atom. The van der Waals surface area contributed by atoms with Gasteiger partial charge in [-0.3, -0.25) is 0 Å². The molecule has 1 heterocycles. The number of ether oxygens (including phenoxy) is 2. The molecule has 0 unspecified atom stereocenters. The van der Waals surface area contributed by atoms with Gasteiger partial charge >= 0.3 is 0 Å². The van der Waals surface area contributed by atoms with Crippen molar-refractivity contribution in [3.05, 3.63) is 12.2 Å². The van der Waals surface area contributed by atoms with Gasteiger partial charge in [-0.15, -0.1) is 0 Å². The van der Waals surface area contributed by atoms with Crippen LogP contribution >= 0.6 is 0 Å². The minimum atomic E-state index is -0.553. The van der Waals surface area contributed by atoms with Gasteiger partial charge in [0.2, 0.25) is 0 Å². The Bertz CT molecular complexity index is 226. The summed E-state index contributed by atoms with van der Waals surface area (Å²) in [4.78, 5) is 0. The van der Waals surface area contributed by atoms with Crippen LogP contribution in [0.15, 0.2) is 12.2 Å². The first-order chi connectivity index (χ1) is 6.04. The largest absolute Gasteiger partial charge is 0.388 e. The maximum atomic E-state index is 9.68. The Morgan fingerprint density at radius 3 is 2.46 bits per heavy atom. The summed E-state index contributed by atoms with van der Waals surface area (Å²) in [6.07, 6.45) is 3.94. The molecular formula is C10H16O3. The van der Waals surface area contributed by atoms with Crippen LogP contribution in [0.5, 0.6) is 0 Å². The average Bonchev–Trinajstić information content (AvgIpc) is 2.46. The molecule has 0 aromatic carbocycles. The topological polar surface area (TPSA) is 38.7 Å². The van der Waals surface area contributed by atoms with Gasteiger partial charge < -0.3 is 14.6 Å². The van der Waals surface area contributed by atoms with Gasteiger partial charge in [-0.1, -0.05) is 19.9 Å². The van der Waals surface area contributed by atoms with Crippen molar-refractivity contribution in [1.29, 1.82) is 0 Å². The van der Waals surface area contributed by atoms with E-state index in [0.717, 1.165) is 6.42 Å². The zero-order valence-corrected chi connectivity index (χ0v) is 8.12. The zero-order valence-electron chi connectivity index (χ0n) is 8.12. The van der Waals surface area contributed by atoms with E-state index in [2.05, 4.69) is 0 Å². The summed E-state index contributed by atoms with van der Waals surface area (Å²) < 4.78 is 11.1. The fourth-order valence-corrected chi connectivity index (χ4v) is 1.97. The first-order valence-corrected chi connectivity index (χ1v) is 4.69. The molecule has 1 saturated heterocycles. The van der Waals surface area contributed by atoms with Crippen LogP contribution in [0.1, 0.15) is 20.3 Å². The Hall–Kier alpha value is -0.380. The van der Waals surface area contributed by atoms with Crippen molar-refractivity contribution in [2.24, 2.45) is 5.41 Å². The highest BCUT2D eigenvalue weighted by molar-refractivity contribution is 5.11. The molecule has 3 heteroatoms. The number of hydrogen-bond acceptors (Lipinski definition) is 3. The van der Waals surface area contributed by atoms with E-state index in [1.165, 1.54) is 0 Å². The summed E-state index contributed by atoms with van der Waals surface area (Å²) in [5.41, 5.74) is -0.168. The van der Waals surface area contributed by atoms with Crippen LogP contribution in [0.2, 0.25) is 0 Å². The van der Waals surface area contributed by atoms with Crippen LogP contribution in [-0.2, 0) is 9.47 Å². The van der Waals surface area contributed by atoms with Gasteiger partial charge in [0.15, 0.2) is 5.79 Å². The molecule has 0 radical (unpaired) electrons. The van der Waals surface area contributed by atoms with Crippen molar-refractivity contribution < 1.29 is 14.6 Å². The van der Waals surface area contributed by atoms with Crippen molar-refractivity contribution in [2.75, 3.05) is 13.2 Å². The molecule has 0 aromatic heterocycles. The van der Waals surface area contributed by atoms with Crippen molar-refractivity contribution in [1.82, 2.24) is 0 Å². The van der Waals surface area contributed by atoms with E-state index in [1.54, 1.807) is 6.08 Å². The first-order valence-electron chi connectivity index (χ1n) is 4.69. The number of rotatable bonds is 0. The van der Waals surface area contributed by atoms with Gasteiger partial charge in [0.05, 0.1) is 19.3 Å². The van der Waals surface area contributed by atoms with Crippen molar-refractivity contribution in [3.63, 3.8) is 0 Å². The normalized spacial score (nSPS) is 35.5. The van der Waals surface area contributed by atoms with E-state index in [-0.39, 0.29) is 5.41 Å². The monoisotopic (exact) mass is 184 g/mol. The fourth-order valence-electron chi connectivity index (χ4n) is 1.97. The molecule has 13 heavy (non-hydrogen) atoms. The second-order valence-corrected chi connectivity index (χ2v) is 4.48. The maximum Gasteiger partial charge on any atom is 0.188 e. The molecule has 74 valence electrons. The van der Waals surface area contributed by atoms with Gasteiger partial charge in [0, 0.05) is 6.42 Å². The lowest BCUT2D eigenvalue weighted by atomic mass is 9.76. The first kappa shape index (κ1) is 9.19. The summed E-state index contributed by atoms with van der Waals surface area (Å²) in [7, 11) is 0. The maximum absolute atomic E-state index is 9.68. The van der Waals surface area contributed by atoms with Gasteiger partial charge in [-0.2, -0.15) is 0 Å². The third-order valence-corrected chi connectivity index (χ3v) is 2.81. The van der Waals surface area contributed by atoms with Crippen LogP contribution in [0.3, 0.4) is 0 Å². The van der Waals surface area contributed by atoms with Crippen LogP contribution in [0.25, 0.3) is 0 Å². The molecule has 1 spiro atoms. The minimum Gasteiger partial charge on any atom is -0.388 e. The summed E-state index contributed by atoms with van der Waals surface area (Å²) >= 11 is 0. The van der Waals surface area contributed by atoms with Gasteiger partial charge in [0.25, 0.3) is 0 Å². The van der Waals surface area contributed by atoms with Crippen LogP contribution < -0.4 is 0 Å². The summed E-state index contributed by atoms with van der Waals surface area (Å²) in [6.45, 7) is 5.34. The minimum absolute atomic E-state index is 0.168. The Balaban J connectivity index is 2.22. The van der Waals surface area contributed by atoms with Crippen molar-refractivity contribution in [2.45, 2.75) is 32.2 Å². The molecule has 1 atom stereocenters. The molecule has 2 rings (SSSR count). The second-order valence-electron chi connectivity index (χ2n) is 4.48. The van der Waals surface area contributed by atoms with Crippen LogP contribution in [-0.4, -0.2) is 30.2 Å². The van der Waals surface area contributed by atoms with Crippen LogP contribution in [0, 0.1) is 5.41 Å². The summed E-state index contributed by atoms with van der Waals surface area (Å²) in [5, 5.41) is 9.68. The van der Waals surface area contributed by atoms with Crippen molar-refractivity contribution >= 4 is 0 Å². The molecule has 3 nitrogen and oxygen atoms in total. The standard InChI is InChI=1S/C10H16O3/c1-9(2)7-10(4-3-8(9)11)12-5-6-13-10/h3-4,8,11H,5-7H2,1-2H3/t8-/m1/s1. The number of aliphatic hydroxyl groups excluding tert-OH is 1. The predicted octanol–water partition coefficient (Wildman–Crippen LogP) is 1.08. The van der Waals surface area contributed by atoms with E-state index < -0.39 is 11.9 Å². The summed E-state index contributed by atoms with van der Waals surface area (Å²) in [5.74, 6) is -0.553. The van der Waals surface area contributed by atoms with E-state index in [0.29, 0.717) is 13.2 Å². The fraction of sp³-hybridized carbons (Fsp3) is 0.800. The van der Waals surface area contributed by atoms with E-state index in [4.69, 9.17) is 9.47 Å². The van der Waals surface area contributed by atoms with Gasteiger partial charge in [-0.25, -0.2) is 0 Å². The van der Waals surface area contributed by atoms with Gasteiger partial charge in [0.1, 0.15) is 0 Å². The lowest BCUT2D eigenvalue weighted by Crippen LogP contribution is -2.43. The SMILES string of the molecule is CC1(C)CC2(C=C[C@H]1O)OCCO2. The highest BCUT2D eigenvalue weighted by atomic mass is 16.7. The van der Waals surface area contributed by atoms with Gasteiger partial charge in [-0.05, 0) is 11.5 Å². The molecule has 0 amide bonds. The Labute approximate surface area is 78.3 Å². The Kier molecular flexibility index (Phi) is 1.98. The van der Waals surface area contributed by atoms with Crippen molar-refractivity contribution in [3.8, 4) is 0 Å². The smallest absolute Gasteiger partial charge is 0.188 e. The average molecular weight is 184 g/mol. The molecule has 0 bridgehead atoms. The lowest BCUT2D eigenvalue weighted by Gasteiger charge is -2.39. The third-order valence-electron chi connectivity index (χ3n) is 2.81. The molecule has 1 aliphatic carbocycles. The highest BCUT2D eigenvalue weighted by Gasteiger charge is 2.45. The number of aliphatic hydroxyl groups is 1. The van der Waals surface area contributed by atoms with E-state index >= 15 is 0 Å². The zero-order chi connectivity index (χ0) is 9.53. The van der Waals surface area contributed by atoms with E-state index in [1.807, 2.05) is 19.9 Å². The quantitative estimate of drug-likeness (QED) is 0.572. The lowest BCUT2D eigenvalue weighted by molar-refractivity contribution is -0.156. The van der Waals surface area contributed by atoms with Crippen LogP contribution in [0.4, 0.5) is 0 Å². The second kappa shape index (κ2) is 2.80. The highest BCUT2D eigenvalue weighted by Crippen LogP contribution is 2.41.